The molecule has 150 valence electrons. The van der Waals surface area contributed by atoms with Crippen molar-refractivity contribution in [2.45, 2.75) is 23.8 Å². The van der Waals surface area contributed by atoms with E-state index in [4.69, 9.17) is 21.2 Å². The third-order valence-electron chi connectivity index (χ3n) is 3.93. The van der Waals surface area contributed by atoms with E-state index in [1.807, 2.05) is 0 Å². The number of nitrogens with one attached hydrogen (secondary N) is 1. The topological polar surface area (TPSA) is 107 Å². The van der Waals surface area contributed by atoms with Crippen LogP contribution < -0.4 is 5.32 Å². The Kier molecular flexibility index (Phi) is 6.65. The van der Waals surface area contributed by atoms with E-state index in [-0.39, 0.29) is 16.7 Å². The number of carbonyl (C=O) groups excluding carboxylic acids is 1. The lowest BCUT2D eigenvalue weighted by Gasteiger charge is -2.20. The molecule has 1 saturated heterocycles. The van der Waals surface area contributed by atoms with Gasteiger partial charge >= 0.3 is 0 Å². The number of anilines is 1. The minimum Gasteiger partial charge on any atom is -0.392 e. The summed E-state index contributed by atoms with van der Waals surface area (Å²) >= 11 is 6.96. The Hall–Kier alpha value is -2.01. The van der Waals surface area contributed by atoms with Gasteiger partial charge in [-0.15, -0.1) is 0 Å². The number of sulfone groups is 1. The van der Waals surface area contributed by atoms with Crippen LogP contribution in [0, 0.1) is 0 Å². The average molecular weight is 444 g/mol. The number of nitrogens with zero attached hydrogens (tertiary/aromatic N) is 2. The van der Waals surface area contributed by atoms with Crippen LogP contribution in [-0.2, 0) is 24.2 Å². The summed E-state index contributed by atoms with van der Waals surface area (Å²) < 4.78 is 29.0. The molecule has 0 bridgehead atoms. The molecule has 1 aliphatic heterocycles. The Morgan fingerprint density at radius 3 is 2.57 bits per heavy atom. The van der Waals surface area contributed by atoms with Gasteiger partial charge in [0.05, 0.1) is 24.3 Å². The van der Waals surface area contributed by atoms with Crippen molar-refractivity contribution >= 4 is 49.5 Å². The van der Waals surface area contributed by atoms with Crippen molar-refractivity contribution in [1.29, 1.82) is 0 Å². The van der Waals surface area contributed by atoms with Crippen LogP contribution >= 0.6 is 22.9 Å². The second-order valence-corrected chi connectivity index (χ2v) is 9.75. The van der Waals surface area contributed by atoms with Crippen molar-refractivity contribution in [3.63, 3.8) is 0 Å². The lowest BCUT2D eigenvalue weighted by atomic mass is 10.1. The first-order chi connectivity index (χ1) is 13.3. The van der Waals surface area contributed by atoms with Gasteiger partial charge in [0, 0.05) is 24.7 Å². The maximum absolute atomic E-state index is 12.7. The molecule has 0 saturated carbocycles. The number of oxime groups is 1. The van der Waals surface area contributed by atoms with Gasteiger partial charge in [-0.25, -0.2) is 13.4 Å². The molecule has 11 heteroatoms. The first-order valence-corrected chi connectivity index (χ1v) is 11.5. The molecule has 1 aromatic heterocycles. The number of hydrogen-bond acceptors (Lipinski definition) is 8. The molecule has 1 amide bonds. The second-order valence-electron chi connectivity index (χ2n) is 6.08. The van der Waals surface area contributed by atoms with Crippen LogP contribution in [0.25, 0.3) is 0 Å². The number of halogens is 1. The van der Waals surface area contributed by atoms with Gasteiger partial charge in [-0.1, -0.05) is 40.2 Å². The minimum absolute atomic E-state index is 0.0119. The van der Waals surface area contributed by atoms with Gasteiger partial charge in [0.25, 0.3) is 5.91 Å². The van der Waals surface area contributed by atoms with Crippen LogP contribution in [0.4, 0.5) is 5.13 Å². The second kappa shape index (κ2) is 8.99. The van der Waals surface area contributed by atoms with Gasteiger partial charge in [0.2, 0.25) is 0 Å². The number of amides is 1. The molecule has 28 heavy (non-hydrogen) atoms. The summed E-state index contributed by atoms with van der Waals surface area (Å²) in [6.45, 7) is 1.14. The number of thiazole rings is 1. The Bertz CT molecular complexity index is 967. The Morgan fingerprint density at radius 2 is 2.00 bits per heavy atom. The molecule has 1 aliphatic rings. The van der Waals surface area contributed by atoms with Gasteiger partial charge in [-0.05, 0) is 12.1 Å². The lowest BCUT2D eigenvalue weighted by Crippen LogP contribution is -2.27. The van der Waals surface area contributed by atoms with E-state index in [1.54, 1.807) is 0 Å². The molecule has 0 unspecified atom stereocenters. The van der Waals surface area contributed by atoms with Gasteiger partial charge in [-0.2, -0.15) is 0 Å². The number of benzene rings is 1. The third-order valence-corrected chi connectivity index (χ3v) is 6.09. The average Bonchev–Trinajstić information content (AvgIpc) is 3.07. The molecule has 2 heterocycles. The van der Waals surface area contributed by atoms with Crippen LogP contribution in [0.2, 0.25) is 4.34 Å². The highest BCUT2D eigenvalue weighted by atomic mass is 35.5. The largest absolute Gasteiger partial charge is 0.392 e. The summed E-state index contributed by atoms with van der Waals surface area (Å²) in [5, 5.41) is 7.00. The van der Waals surface area contributed by atoms with E-state index in [0.29, 0.717) is 41.1 Å². The number of aromatic nitrogens is 1. The van der Waals surface area contributed by atoms with E-state index < -0.39 is 15.7 Å². The van der Waals surface area contributed by atoms with E-state index in [1.165, 1.54) is 30.5 Å². The van der Waals surface area contributed by atoms with Gasteiger partial charge in [0.1, 0.15) is 10.4 Å². The fraction of sp³-hybridized carbons (Fsp3) is 0.353. The Balaban J connectivity index is 1.85. The highest BCUT2D eigenvalue weighted by Crippen LogP contribution is 2.23. The molecule has 0 aliphatic carbocycles. The first-order valence-electron chi connectivity index (χ1n) is 8.37. The monoisotopic (exact) mass is 443 g/mol. The summed E-state index contributed by atoms with van der Waals surface area (Å²) in [7, 11) is -3.35. The maximum atomic E-state index is 12.7. The van der Waals surface area contributed by atoms with Crippen molar-refractivity contribution in [2.75, 3.05) is 24.8 Å². The Labute approximate surface area is 171 Å². The molecule has 0 atom stereocenters. The number of hydrogen-bond donors (Lipinski definition) is 1. The number of carbonyl (C=O) groups is 1. The first kappa shape index (κ1) is 20.7. The molecule has 8 nitrogen and oxygen atoms in total. The molecule has 2 aromatic rings. The summed E-state index contributed by atoms with van der Waals surface area (Å²) in [5.74, 6) is -0.537. The van der Waals surface area contributed by atoms with Gasteiger partial charge < -0.3 is 9.57 Å². The minimum atomic E-state index is -3.35. The number of rotatable bonds is 6. The van der Waals surface area contributed by atoms with Crippen molar-refractivity contribution in [2.24, 2.45) is 5.16 Å². The fourth-order valence-corrected chi connectivity index (χ4v) is 3.90. The summed E-state index contributed by atoms with van der Waals surface area (Å²) in [6, 6.07) is 5.86. The summed E-state index contributed by atoms with van der Waals surface area (Å²) in [6.07, 6.45) is 3.74. The predicted molar refractivity (Wildman–Crippen MR) is 107 cm³/mol. The smallest absolute Gasteiger partial charge is 0.280 e. The molecule has 0 spiro atoms. The SMILES string of the molecule is CS(=O)(=O)c1ccc(C(=NOC2CCOCC2)C(=O)Nc2ncc(Cl)s2)cc1. The van der Waals surface area contributed by atoms with Crippen molar-refractivity contribution in [3.8, 4) is 0 Å². The zero-order chi connectivity index (χ0) is 20.1. The highest BCUT2D eigenvalue weighted by molar-refractivity contribution is 7.90. The molecule has 1 aromatic carbocycles. The van der Waals surface area contributed by atoms with E-state index in [2.05, 4.69) is 15.5 Å². The van der Waals surface area contributed by atoms with Crippen molar-refractivity contribution in [3.05, 3.63) is 40.4 Å². The lowest BCUT2D eigenvalue weighted by molar-refractivity contribution is -0.110. The van der Waals surface area contributed by atoms with E-state index >= 15 is 0 Å². The zero-order valence-electron chi connectivity index (χ0n) is 14.9. The van der Waals surface area contributed by atoms with Crippen molar-refractivity contribution in [1.82, 2.24) is 4.98 Å². The maximum Gasteiger partial charge on any atom is 0.280 e. The molecule has 1 fully saturated rings. The normalized spacial score (nSPS) is 16.0. The van der Waals surface area contributed by atoms with E-state index in [0.717, 1.165) is 17.6 Å². The van der Waals surface area contributed by atoms with E-state index in [9.17, 15) is 13.2 Å². The van der Waals surface area contributed by atoms with Crippen LogP contribution in [0.3, 0.4) is 0 Å². The molecule has 0 radical (unpaired) electrons. The van der Waals surface area contributed by atoms with Gasteiger partial charge in [-0.3, -0.25) is 10.1 Å². The number of ether oxygens (including phenoxy) is 1. The zero-order valence-corrected chi connectivity index (χ0v) is 17.3. The molecular weight excluding hydrogens is 426 g/mol. The standard InChI is InChI=1S/C17H18ClN3O5S2/c1-28(23,24)13-4-2-11(3-5-13)15(21-26-12-6-8-25-9-7-12)16(22)20-17-19-10-14(18)27-17/h2-5,10,12H,6-9H2,1H3,(H,19,20,22). The summed E-state index contributed by atoms with van der Waals surface area (Å²) in [4.78, 5) is 22.4. The van der Waals surface area contributed by atoms with Crippen LogP contribution in [0.15, 0.2) is 40.5 Å². The predicted octanol–water partition coefficient (Wildman–Crippen LogP) is 2.74. The molecule has 3 rings (SSSR count). The summed E-state index contributed by atoms with van der Waals surface area (Å²) in [5.41, 5.74) is 0.428. The fourth-order valence-electron chi connectivity index (χ4n) is 2.46. The Morgan fingerprint density at radius 1 is 1.32 bits per heavy atom. The molecular formula is C17H18ClN3O5S2. The molecule has 1 N–H and O–H groups in total. The third kappa shape index (κ3) is 5.51. The van der Waals surface area contributed by atoms with Crippen LogP contribution in [0.1, 0.15) is 18.4 Å². The highest BCUT2D eigenvalue weighted by Gasteiger charge is 2.20. The van der Waals surface area contributed by atoms with Crippen molar-refractivity contribution < 1.29 is 22.8 Å². The van der Waals surface area contributed by atoms with Crippen LogP contribution in [0.5, 0.6) is 0 Å². The van der Waals surface area contributed by atoms with Gasteiger partial charge in [0.15, 0.2) is 20.7 Å². The van der Waals surface area contributed by atoms with Crippen LogP contribution in [-0.4, -0.2) is 50.6 Å². The quantitative estimate of drug-likeness (QED) is 0.543.